The molecule has 2 heteroatoms. The topological polar surface area (TPSA) is 33.0 Å². The summed E-state index contributed by atoms with van der Waals surface area (Å²) in [6.07, 6.45) is 10.6. The van der Waals surface area contributed by atoms with Crippen LogP contribution < -0.4 is 0 Å². The van der Waals surface area contributed by atoms with E-state index in [0.717, 1.165) is 25.2 Å². The number of benzene rings is 1. The maximum absolute atomic E-state index is 8.84. The second-order valence-electron chi connectivity index (χ2n) is 5.85. The monoisotopic (exact) mass is 283 g/mol. The Morgan fingerprint density at radius 1 is 1.19 bits per heavy atom. The summed E-state index contributed by atoms with van der Waals surface area (Å²) in [5.74, 6) is 1.38. The summed E-state index contributed by atoms with van der Waals surface area (Å²) in [6.45, 7) is 3.74. The van der Waals surface area contributed by atoms with Gasteiger partial charge in [-0.1, -0.05) is 31.2 Å². The minimum Gasteiger partial charge on any atom is -0.377 e. The van der Waals surface area contributed by atoms with E-state index >= 15 is 0 Å². The largest absolute Gasteiger partial charge is 0.377 e. The normalized spacial score (nSPS) is 22.3. The van der Waals surface area contributed by atoms with Crippen molar-refractivity contribution < 1.29 is 4.74 Å². The van der Waals surface area contributed by atoms with Gasteiger partial charge >= 0.3 is 0 Å². The quantitative estimate of drug-likeness (QED) is 0.554. The van der Waals surface area contributed by atoms with Crippen LogP contribution in [-0.2, 0) is 4.74 Å². The van der Waals surface area contributed by atoms with E-state index in [1.54, 1.807) is 0 Å². The van der Waals surface area contributed by atoms with Crippen LogP contribution in [0.1, 0.15) is 56.1 Å². The van der Waals surface area contributed by atoms with Crippen molar-refractivity contribution in [2.24, 2.45) is 5.92 Å². The highest BCUT2D eigenvalue weighted by atomic mass is 16.5. The Bertz CT molecular complexity index is 475. The Kier molecular flexibility index (Phi) is 6.50. The molecule has 1 aromatic rings. The summed E-state index contributed by atoms with van der Waals surface area (Å²) >= 11 is 0. The molecule has 2 nitrogen and oxygen atoms in total. The Labute approximate surface area is 128 Å². The van der Waals surface area contributed by atoms with Gasteiger partial charge in [0.15, 0.2) is 0 Å². The van der Waals surface area contributed by atoms with Crippen LogP contribution in [0.3, 0.4) is 0 Å². The summed E-state index contributed by atoms with van der Waals surface area (Å²) in [6, 6.07) is 10.3. The van der Waals surface area contributed by atoms with Crippen molar-refractivity contribution in [1.29, 1.82) is 5.26 Å². The molecule has 0 saturated heterocycles. The van der Waals surface area contributed by atoms with Gasteiger partial charge in [0.2, 0.25) is 0 Å². The standard InChI is InChI=1S/C19H25NO/c1-2-13-21-14-3-4-16-5-9-18(10-6-16)19-11-7-17(15-20)8-12-19/h3-4,7-8,11-12,16,18H,2,5-6,9-10,13-14H2,1H3/b4-3+. The minimum absolute atomic E-state index is 0.665. The summed E-state index contributed by atoms with van der Waals surface area (Å²) < 4.78 is 5.47. The molecule has 1 aromatic carbocycles. The maximum Gasteiger partial charge on any atom is 0.0991 e. The van der Waals surface area contributed by atoms with E-state index in [1.165, 1.54) is 31.2 Å². The predicted molar refractivity (Wildman–Crippen MR) is 86.1 cm³/mol. The first-order valence-electron chi connectivity index (χ1n) is 8.08. The number of hydrogen-bond acceptors (Lipinski definition) is 2. The van der Waals surface area contributed by atoms with Crippen LogP contribution in [-0.4, -0.2) is 13.2 Å². The molecule has 0 atom stereocenters. The van der Waals surface area contributed by atoms with Crippen molar-refractivity contribution in [2.75, 3.05) is 13.2 Å². The molecule has 0 unspecified atom stereocenters. The van der Waals surface area contributed by atoms with Crippen LogP contribution in [0.2, 0.25) is 0 Å². The van der Waals surface area contributed by atoms with E-state index in [1.807, 2.05) is 12.1 Å². The maximum atomic E-state index is 8.84. The molecule has 0 bridgehead atoms. The molecular weight excluding hydrogens is 258 g/mol. The molecule has 0 aromatic heterocycles. The van der Waals surface area contributed by atoms with Crippen LogP contribution >= 0.6 is 0 Å². The lowest BCUT2D eigenvalue weighted by atomic mass is 9.78. The predicted octanol–water partition coefficient (Wildman–Crippen LogP) is 4.81. The van der Waals surface area contributed by atoms with E-state index in [2.05, 4.69) is 37.3 Å². The molecule has 1 fully saturated rings. The summed E-state index contributed by atoms with van der Waals surface area (Å²) in [7, 11) is 0. The van der Waals surface area contributed by atoms with E-state index < -0.39 is 0 Å². The average Bonchev–Trinajstić information content (AvgIpc) is 2.55. The summed E-state index contributed by atoms with van der Waals surface area (Å²) in [5.41, 5.74) is 2.14. The van der Waals surface area contributed by atoms with Crippen LogP contribution in [0.15, 0.2) is 36.4 Å². The number of hydrogen-bond donors (Lipinski definition) is 0. The Morgan fingerprint density at radius 2 is 1.90 bits per heavy atom. The molecule has 0 aliphatic heterocycles. The van der Waals surface area contributed by atoms with Gasteiger partial charge in [-0.15, -0.1) is 0 Å². The fourth-order valence-corrected chi connectivity index (χ4v) is 3.02. The second kappa shape index (κ2) is 8.64. The number of rotatable bonds is 6. The fourth-order valence-electron chi connectivity index (χ4n) is 3.02. The SMILES string of the molecule is CCCOC/C=C/C1CCC(c2ccc(C#N)cc2)CC1. The van der Waals surface area contributed by atoms with Crippen molar-refractivity contribution in [3.63, 3.8) is 0 Å². The van der Waals surface area contributed by atoms with Gasteiger partial charge in [-0.25, -0.2) is 0 Å². The van der Waals surface area contributed by atoms with Crippen molar-refractivity contribution >= 4 is 0 Å². The van der Waals surface area contributed by atoms with E-state index in [4.69, 9.17) is 10.00 Å². The highest BCUT2D eigenvalue weighted by molar-refractivity contribution is 5.33. The van der Waals surface area contributed by atoms with Gasteiger partial charge in [0.25, 0.3) is 0 Å². The smallest absolute Gasteiger partial charge is 0.0991 e. The third-order valence-electron chi connectivity index (χ3n) is 4.25. The third-order valence-corrected chi connectivity index (χ3v) is 4.25. The van der Waals surface area contributed by atoms with Crippen molar-refractivity contribution in [3.8, 4) is 6.07 Å². The first-order chi connectivity index (χ1) is 10.3. The number of ether oxygens (including phenoxy) is 1. The van der Waals surface area contributed by atoms with Gasteiger partial charge in [0.05, 0.1) is 18.2 Å². The number of nitrogens with zero attached hydrogens (tertiary/aromatic N) is 1. The molecule has 0 spiro atoms. The van der Waals surface area contributed by atoms with Crippen molar-refractivity contribution in [2.45, 2.75) is 44.9 Å². The van der Waals surface area contributed by atoms with Crippen molar-refractivity contribution in [3.05, 3.63) is 47.5 Å². The van der Waals surface area contributed by atoms with Crippen LogP contribution in [0, 0.1) is 17.2 Å². The van der Waals surface area contributed by atoms with Gasteiger partial charge in [-0.05, 0) is 61.6 Å². The Morgan fingerprint density at radius 3 is 2.52 bits per heavy atom. The third kappa shape index (κ3) is 5.02. The summed E-state index contributed by atoms with van der Waals surface area (Å²) in [4.78, 5) is 0. The fraction of sp³-hybridized carbons (Fsp3) is 0.526. The molecular formula is C19H25NO. The number of nitriles is 1. The molecule has 1 aliphatic rings. The molecule has 0 amide bonds. The molecule has 21 heavy (non-hydrogen) atoms. The molecule has 0 heterocycles. The van der Waals surface area contributed by atoms with Gasteiger partial charge in [-0.2, -0.15) is 5.26 Å². The van der Waals surface area contributed by atoms with E-state index in [9.17, 15) is 0 Å². The van der Waals surface area contributed by atoms with E-state index in [-0.39, 0.29) is 0 Å². The van der Waals surface area contributed by atoms with Crippen LogP contribution in [0.5, 0.6) is 0 Å². The van der Waals surface area contributed by atoms with Gasteiger partial charge in [0, 0.05) is 6.61 Å². The minimum atomic E-state index is 0.665. The first kappa shape index (κ1) is 15.8. The van der Waals surface area contributed by atoms with Crippen molar-refractivity contribution in [1.82, 2.24) is 0 Å². The van der Waals surface area contributed by atoms with Crippen LogP contribution in [0.4, 0.5) is 0 Å². The zero-order valence-corrected chi connectivity index (χ0v) is 12.9. The molecule has 1 aliphatic carbocycles. The first-order valence-corrected chi connectivity index (χ1v) is 8.08. The zero-order valence-electron chi connectivity index (χ0n) is 12.9. The second-order valence-corrected chi connectivity index (χ2v) is 5.85. The lowest BCUT2D eigenvalue weighted by molar-refractivity contribution is 0.162. The number of allylic oxidation sites excluding steroid dienone is 1. The molecule has 0 radical (unpaired) electrons. The molecule has 0 N–H and O–H groups in total. The lowest BCUT2D eigenvalue weighted by Crippen LogP contribution is -2.11. The molecule has 2 rings (SSSR count). The highest BCUT2D eigenvalue weighted by Crippen LogP contribution is 2.36. The average molecular weight is 283 g/mol. The van der Waals surface area contributed by atoms with Gasteiger partial charge in [-0.3, -0.25) is 0 Å². The van der Waals surface area contributed by atoms with Gasteiger partial charge < -0.3 is 4.74 Å². The van der Waals surface area contributed by atoms with Gasteiger partial charge in [0.1, 0.15) is 0 Å². The lowest BCUT2D eigenvalue weighted by Gasteiger charge is -2.27. The highest BCUT2D eigenvalue weighted by Gasteiger charge is 2.20. The molecule has 1 saturated carbocycles. The van der Waals surface area contributed by atoms with Crippen LogP contribution in [0.25, 0.3) is 0 Å². The Balaban J connectivity index is 1.76. The summed E-state index contributed by atoms with van der Waals surface area (Å²) in [5, 5.41) is 8.84. The Hall–Kier alpha value is -1.59. The molecule has 112 valence electrons. The van der Waals surface area contributed by atoms with E-state index in [0.29, 0.717) is 11.8 Å². The zero-order chi connectivity index (χ0) is 14.9.